The van der Waals surface area contributed by atoms with Gasteiger partial charge in [0.05, 0.1) is 17.0 Å². The first-order chi connectivity index (χ1) is 18.1. The van der Waals surface area contributed by atoms with E-state index in [-0.39, 0.29) is 23.7 Å². The Labute approximate surface area is 219 Å². The maximum atomic E-state index is 11.1. The number of phenolic OH excluding ortho intramolecular Hbond substituents is 1. The zero-order valence-electron chi connectivity index (χ0n) is 20.6. The lowest BCUT2D eigenvalue weighted by molar-refractivity contribution is 0.0899. The summed E-state index contributed by atoms with van der Waals surface area (Å²) in [6.07, 6.45) is 0. The summed E-state index contributed by atoms with van der Waals surface area (Å²) in [6.45, 7) is 5.17. The normalized spacial score (nSPS) is 15.9. The molecule has 0 spiro atoms. The van der Waals surface area contributed by atoms with Crippen LogP contribution in [0.15, 0.2) is 84.9 Å². The van der Waals surface area contributed by atoms with Crippen LogP contribution < -0.4 is 0 Å². The Morgan fingerprint density at radius 1 is 0.730 bits per heavy atom. The van der Waals surface area contributed by atoms with Crippen molar-refractivity contribution in [2.24, 2.45) is 0 Å². The number of rotatable bonds is 6. The molecule has 0 amide bonds. The molecule has 7 nitrogen and oxygen atoms in total. The molecule has 0 bridgehead atoms. The topological polar surface area (TPSA) is 77.1 Å². The predicted octanol–water partition coefficient (Wildman–Crippen LogP) is 5.01. The number of aryl methyl sites for hydroxylation is 1. The van der Waals surface area contributed by atoms with Gasteiger partial charge in [-0.15, -0.1) is 5.10 Å². The molecule has 5 aromatic rings. The summed E-state index contributed by atoms with van der Waals surface area (Å²) in [5.41, 5.74) is 3.50. The quantitative estimate of drug-likeness (QED) is 0.334. The first-order valence-electron chi connectivity index (χ1n) is 12.5. The standard InChI is InChI=1S/C29H29N5O2S/c1-20-30-29-34(31-20)28(36)27(37-29)26(23-13-8-14-24(35)19-23)33-17-15-32(16-18-33)25(21-9-4-2-5-10-21)22-11-6-3-7-12-22/h2-14,19,25-26,35-36H,15-18H2,1H3. The second kappa shape index (κ2) is 9.97. The summed E-state index contributed by atoms with van der Waals surface area (Å²) in [5.74, 6) is 0.954. The Kier molecular flexibility index (Phi) is 6.38. The average molecular weight is 512 g/mol. The molecule has 2 N–H and O–H groups in total. The molecular weight excluding hydrogens is 482 g/mol. The van der Waals surface area contributed by atoms with Crippen LogP contribution in [0.25, 0.3) is 4.96 Å². The van der Waals surface area contributed by atoms with Crippen LogP contribution in [-0.4, -0.2) is 60.8 Å². The van der Waals surface area contributed by atoms with Gasteiger partial charge in [0.25, 0.3) is 0 Å². The maximum absolute atomic E-state index is 11.1. The van der Waals surface area contributed by atoms with Gasteiger partial charge in [0.1, 0.15) is 11.6 Å². The highest BCUT2D eigenvalue weighted by atomic mass is 32.1. The van der Waals surface area contributed by atoms with Crippen LogP contribution in [0.1, 0.15) is 39.5 Å². The number of aromatic hydroxyl groups is 2. The number of aromatic nitrogens is 3. The molecule has 3 heterocycles. The molecule has 1 atom stereocenters. The van der Waals surface area contributed by atoms with Crippen molar-refractivity contribution in [1.82, 2.24) is 24.4 Å². The van der Waals surface area contributed by atoms with Crippen molar-refractivity contribution in [2.75, 3.05) is 26.2 Å². The van der Waals surface area contributed by atoms with E-state index in [0.29, 0.717) is 10.8 Å². The number of benzene rings is 3. The lowest BCUT2D eigenvalue weighted by Gasteiger charge is -2.42. The fraction of sp³-hybridized carbons (Fsp3) is 0.241. The van der Waals surface area contributed by atoms with Gasteiger partial charge in [-0.2, -0.15) is 4.52 Å². The molecule has 0 radical (unpaired) electrons. The third kappa shape index (κ3) is 4.59. The molecule has 1 fully saturated rings. The average Bonchev–Trinajstić information content (AvgIpc) is 3.43. The molecule has 1 saturated heterocycles. The summed E-state index contributed by atoms with van der Waals surface area (Å²) < 4.78 is 1.52. The van der Waals surface area contributed by atoms with E-state index in [2.05, 4.69) is 80.5 Å². The van der Waals surface area contributed by atoms with E-state index in [1.807, 2.05) is 19.1 Å². The molecule has 3 aromatic carbocycles. The van der Waals surface area contributed by atoms with Crippen molar-refractivity contribution in [3.05, 3.63) is 112 Å². The van der Waals surface area contributed by atoms with Gasteiger partial charge in [0.2, 0.25) is 10.8 Å². The van der Waals surface area contributed by atoms with Gasteiger partial charge in [0.15, 0.2) is 0 Å². The Balaban J connectivity index is 1.32. The smallest absolute Gasteiger partial charge is 0.230 e. The van der Waals surface area contributed by atoms with Crippen molar-refractivity contribution in [3.63, 3.8) is 0 Å². The van der Waals surface area contributed by atoms with Crippen LogP contribution in [0.3, 0.4) is 0 Å². The molecule has 188 valence electrons. The van der Waals surface area contributed by atoms with Gasteiger partial charge >= 0.3 is 0 Å². The number of piperazine rings is 1. The second-order valence-electron chi connectivity index (χ2n) is 9.44. The Bertz CT molecular complexity index is 1450. The highest BCUT2D eigenvalue weighted by molar-refractivity contribution is 7.17. The van der Waals surface area contributed by atoms with Crippen molar-refractivity contribution >= 4 is 16.3 Å². The van der Waals surface area contributed by atoms with Gasteiger partial charge in [-0.25, -0.2) is 4.98 Å². The zero-order chi connectivity index (χ0) is 25.4. The molecule has 1 aliphatic rings. The molecule has 0 saturated carbocycles. The van der Waals surface area contributed by atoms with Crippen LogP contribution in [0, 0.1) is 6.92 Å². The minimum Gasteiger partial charge on any atom is -0.508 e. The second-order valence-corrected chi connectivity index (χ2v) is 10.4. The predicted molar refractivity (Wildman–Crippen MR) is 145 cm³/mol. The van der Waals surface area contributed by atoms with Gasteiger partial charge in [-0.1, -0.05) is 84.1 Å². The molecule has 1 aliphatic heterocycles. The number of hydrogen-bond donors (Lipinski definition) is 2. The summed E-state index contributed by atoms with van der Waals surface area (Å²) in [7, 11) is 0. The van der Waals surface area contributed by atoms with Crippen molar-refractivity contribution in [2.45, 2.75) is 19.0 Å². The zero-order valence-corrected chi connectivity index (χ0v) is 21.4. The number of thiazole rings is 1. The van der Waals surface area contributed by atoms with Crippen LogP contribution in [0.2, 0.25) is 0 Å². The first-order valence-corrected chi connectivity index (χ1v) is 13.3. The van der Waals surface area contributed by atoms with Gasteiger partial charge < -0.3 is 10.2 Å². The first kappa shape index (κ1) is 23.7. The number of hydrogen-bond acceptors (Lipinski definition) is 7. The minimum absolute atomic E-state index is 0.114. The Morgan fingerprint density at radius 3 is 1.86 bits per heavy atom. The van der Waals surface area contributed by atoms with Crippen LogP contribution in [0.5, 0.6) is 11.6 Å². The highest BCUT2D eigenvalue weighted by Crippen LogP contribution is 2.41. The molecule has 8 heteroatoms. The van der Waals surface area contributed by atoms with E-state index < -0.39 is 0 Å². The number of fused-ring (bicyclic) bond motifs is 1. The van der Waals surface area contributed by atoms with E-state index >= 15 is 0 Å². The van der Waals surface area contributed by atoms with E-state index in [1.54, 1.807) is 12.1 Å². The van der Waals surface area contributed by atoms with E-state index in [9.17, 15) is 10.2 Å². The minimum atomic E-state index is -0.213. The third-order valence-electron chi connectivity index (χ3n) is 7.05. The lowest BCUT2D eigenvalue weighted by Crippen LogP contribution is -2.49. The highest BCUT2D eigenvalue weighted by Gasteiger charge is 2.34. The van der Waals surface area contributed by atoms with Crippen molar-refractivity contribution in [1.29, 1.82) is 0 Å². The van der Waals surface area contributed by atoms with E-state index in [4.69, 9.17) is 0 Å². The third-order valence-corrected chi connectivity index (χ3v) is 8.12. The molecule has 1 unspecified atom stereocenters. The largest absolute Gasteiger partial charge is 0.508 e. The van der Waals surface area contributed by atoms with E-state index in [1.165, 1.54) is 27.0 Å². The molecule has 0 aliphatic carbocycles. The van der Waals surface area contributed by atoms with Crippen molar-refractivity contribution < 1.29 is 10.2 Å². The van der Waals surface area contributed by atoms with Crippen LogP contribution in [0.4, 0.5) is 0 Å². The molecule has 6 rings (SSSR count). The molecular formula is C29H29N5O2S. The molecule has 2 aromatic heterocycles. The molecule has 37 heavy (non-hydrogen) atoms. The number of phenols is 1. The van der Waals surface area contributed by atoms with E-state index in [0.717, 1.165) is 36.6 Å². The summed E-state index contributed by atoms with van der Waals surface area (Å²) >= 11 is 1.45. The Hall–Kier alpha value is -3.72. The van der Waals surface area contributed by atoms with Crippen LogP contribution in [-0.2, 0) is 0 Å². The maximum Gasteiger partial charge on any atom is 0.230 e. The van der Waals surface area contributed by atoms with Crippen LogP contribution >= 0.6 is 11.3 Å². The SMILES string of the molecule is Cc1nc2sc(C(c3cccc(O)c3)N3CCN(C(c4ccccc4)c4ccccc4)CC3)c(O)n2n1. The van der Waals surface area contributed by atoms with Gasteiger partial charge in [0, 0.05) is 26.2 Å². The fourth-order valence-electron chi connectivity index (χ4n) is 5.39. The summed E-state index contributed by atoms with van der Waals surface area (Å²) in [4.78, 5) is 10.8. The summed E-state index contributed by atoms with van der Waals surface area (Å²) in [6, 6.07) is 28.6. The Morgan fingerprint density at radius 2 is 1.30 bits per heavy atom. The van der Waals surface area contributed by atoms with Gasteiger partial charge in [-0.05, 0) is 35.7 Å². The lowest BCUT2D eigenvalue weighted by atomic mass is 9.96. The fourth-order valence-corrected chi connectivity index (χ4v) is 6.55. The monoisotopic (exact) mass is 511 g/mol. The van der Waals surface area contributed by atoms with Gasteiger partial charge in [-0.3, -0.25) is 9.80 Å². The number of nitrogens with zero attached hydrogens (tertiary/aromatic N) is 5. The summed E-state index contributed by atoms with van der Waals surface area (Å²) in [5, 5.41) is 25.8. The van der Waals surface area contributed by atoms with Crippen molar-refractivity contribution in [3.8, 4) is 11.6 Å².